The smallest absolute Gasteiger partial charge is 0.240 e. The third-order valence-corrected chi connectivity index (χ3v) is 4.49. The largest absolute Gasteiger partial charge is 0.380 e. The highest BCUT2D eigenvalue weighted by molar-refractivity contribution is 7.89. The van der Waals surface area contributed by atoms with Gasteiger partial charge in [0.1, 0.15) is 0 Å². The highest BCUT2D eigenvalue weighted by Gasteiger charge is 2.21. The molecule has 0 aromatic heterocycles. The maximum atomic E-state index is 12.1. The molecule has 1 heterocycles. The summed E-state index contributed by atoms with van der Waals surface area (Å²) in [6.07, 6.45) is 1.71. The molecule has 0 aliphatic carbocycles. The third kappa shape index (κ3) is 3.29. The van der Waals surface area contributed by atoms with Crippen molar-refractivity contribution >= 4 is 10.0 Å². The SMILES string of the molecule is NCc1ccc(S(=O)(=O)NC2CCCOC2)cc1. The van der Waals surface area contributed by atoms with Gasteiger partial charge in [0.05, 0.1) is 11.5 Å². The molecule has 1 fully saturated rings. The highest BCUT2D eigenvalue weighted by Crippen LogP contribution is 2.13. The summed E-state index contributed by atoms with van der Waals surface area (Å²) < 4.78 is 32.1. The summed E-state index contributed by atoms with van der Waals surface area (Å²) in [4.78, 5) is 0.269. The molecule has 0 spiro atoms. The molecule has 1 aromatic carbocycles. The Kier molecular flexibility index (Phi) is 4.34. The number of hydrogen-bond acceptors (Lipinski definition) is 4. The summed E-state index contributed by atoms with van der Waals surface area (Å²) in [5.41, 5.74) is 6.39. The average molecular weight is 270 g/mol. The highest BCUT2D eigenvalue weighted by atomic mass is 32.2. The molecular formula is C12H18N2O3S. The van der Waals surface area contributed by atoms with Crippen LogP contribution in [0.1, 0.15) is 18.4 Å². The van der Waals surface area contributed by atoms with E-state index in [1.165, 1.54) is 0 Å². The summed E-state index contributed by atoms with van der Waals surface area (Å²) >= 11 is 0. The van der Waals surface area contributed by atoms with Gasteiger partial charge in [-0.15, -0.1) is 0 Å². The first-order valence-corrected chi connectivity index (χ1v) is 7.49. The van der Waals surface area contributed by atoms with Gasteiger partial charge < -0.3 is 10.5 Å². The van der Waals surface area contributed by atoms with E-state index in [0.717, 1.165) is 18.4 Å². The maximum absolute atomic E-state index is 12.1. The molecular weight excluding hydrogens is 252 g/mol. The normalized spacial score (nSPS) is 20.8. The van der Waals surface area contributed by atoms with E-state index >= 15 is 0 Å². The predicted octanol–water partition coefficient (Wildman–Crippen LogP) is 0.603. The summed E-state index contributed by atoms with van der Waals surface area (Å²) in [6.45, 7) is 1.56. The molecule has 6 heteroatoms. The van der Waals surface area contributed by atoms with E-state index in [-0.39, 0.29) is 10.9 Å². The zero-order chi connectivity index (χ0) is 13.0. The second-order valence-electron chi connectivity index (χ2n) is 4.38. The van der Waals surface area contributed by atoms with E-state index in [4.69, 9.17) is 10.5 Å². The molecule has 5 nitrogen and oxygen atoms in total. The number of rotatable bonds is 4. The Labute approximate surface area is 107 Å². The molecule has 1 unspecified atom stereocenters. The van der Waals surface area contributed by atoms with Crippen LogP contribution in [-0.4, -0.2) is 27.7 Å². The van der Waals surface area contributed by atoms with Crippen molar-refractivity contribution in [3.05, 3.63) is 29.8 Å². The van der Waals surface area contributed by atoms with Gasteiger partial charge in [0.2, 0.25) is 10.0 Å². The van der Waals surface area contributed by atoms with Gasteiger partial charge in [0.15, 0.2) is 0 Å². The number of ether oxygens (including phenoxy) is 1. The molecule has 1 aliphatic heterocycles. The quantitative estimate of drug-likeness (QED) is 0.839. The Bertz CT molecular complexity index is 479. The van der Waals surface area contributed by atoms with Crippen LogP contribution in [0.25, 0.3) is 0 Å². The molecule has 2 rings (SSSR count). The van der Waals surface area contributed by atoms with Crippen LogP contribution < -0.4 is 10.5 Å². The van der Waals surface area contributed by atoms with Crippen molar-refractivity contribution in [2.24, 2.45) is 5.73 Å². The van der Waals surface area contributed by atoms with E-state index in [1.807, 2.05) is 0 Å². The Morgan fingerprint density at radius 3 is 2.61 bits per heavy atom. The predicted molar refractivity (Wildman–Crippen MR) is 68.5 cm³/mol. The lowest BCUT2D eigenvalue weighted by Crippen LogP contribution is -2.40. The van der Waals surface area contributed by atoms with Gasteiger partial charge in [0, 0.05) is 19.2 Å². The number of hydrogen-bond donors (Lipinski definition) is 2. The zero-order valence-corrected chi connectivity index (χ0v) is 10.9. The Balaban J connectivity index is 2.08. The Morgan fingerprint density at radius 2 is 2.06 bits per heavy atom. The molecule has 1 aliphatic rings. The fraction of sp³-hybridized carbons (Fsp3) is 0.500. The third-order valence-electron chi connectivity index (χ3n) is 2.95. The lowest BCUT2D eigenvalue weighted by atomic mass is 10.1. The van der Waals surface area contributed by atoms with Crippen molar-refractivity contribution in [3.8, 4) is 0 Å². The van der Waals surface area contributed by atoms with Gasteiger partial charge in [-0.3, -0.25) is 0 Å². The molecule has 0 amide bonds. The molecule has 3 N–H and O–H groups in total. The van der Waals surface area contributed by atoms with E-state index in [1.54, 1.807) is 24.3 Å². The lowest BCUT2D eigenvalue weighted by molar-refractivity contribution is 0.0774. The molecule has 0 saturated carbocycles. The van der Waals surface area contributed by atoms with Crippen LogP contribution in [0, 0.1) is 0 Å². The van der Waals surface area contributed by atoms with Crippen molar-refractivity contribution in [2.75, 3.05) is 13.2 Å². The number of nitrogens with one attached hydrogen (secondary N) is 1. The molecule has 18 heavy (non-hydrogen) atoms. The van der Waals surface area contributed by atoms with Gasteiger partial charge in [-0.2, -0.15) is 0 Å². The monoisotopic (exact) mass is 270 g/mol. The number of sulfonamides is 1. The molecule has 1 aromatic rings. The van der Waals surface area contributed by atoms with E-state index in [2.05, 4.69) is 4.72 Å². The first-order chi connectivity index (χ1) is 8.62. The van der Waals surface area contributed by atoms with Gasteiger partial charge in [-0.25, -0.2) is 13.1 Å². The van der Waals surface area contributed by atoms with Crippen LogP contribution in [0.5, 0.6) is 0 Å². The summed E-state index contributed by atoms with van der Waals surface area (Å²) in [6, 6.07) is 6.48. The van der Waals surface area contributed by atoms with Crippen molar-refractivity contribution in [2.45, 2.75) is 30.3 Å². The zero-order valence-electron chi connectivity index (χ0n) is 10.1. The van der Waals surface area contributed by atoms with Crippen LogP contribution in [0.15, 0.2) is 29.2 Å². The minimum atomic E-state index is -3.46. The summed E-state index contributed by atoms with van der Waals surface area (Å²) in [5, 5.41) is 0. The summed E-state index contributed by atoms with van der Waals surface area (Å²) in [7, 11) is -3.46. The Hall–Kier alpha value is -0.950. The van der Waals surface area contributed by atoms with E-state index < -0.39 is 10.0 Å². The minimum absolute atomic E-state index is 0.127. The van der Waals surface area contributed by atoms with Gasteiger partial charge in [-0.05, 0) is 30.5 Å². The molecule has 100 valence electrons. The number of benzene rings is 1. The van der Waals surface area contributed by atoms with Gasteiger partial charge in [0.25, 0.3) is 0 Å². The summed E-state index contributed by atoms with van der Waals surface area (Å²) in [5.74, 6) is 0. The second kappa shape index (κ2) is 5.79. The fourth-order valence-corrected chi connectivity index (χ4v) is 3.18. The Morgan fingerprint density at radius 1 is 1.33 bits per heavy atom. The standard InChI is InChI=1S/C12H18N2O3S/c13-8-10-3-5-12(6-4-10)18(15,16)14-11-2-1-7-17-9-11/h3-6,11,14H,1-2,7-9,13H2. The van der Waals surface area contributed by atoms with Crippen LogP contribution in [-0.2, 0) is 21.3 Å². The lowest BCUT2D eigenvalue weighted by Gasteiger charge is -2.22. The average Bonchev–Trinajstić information content (AvgIpc) is 2.39. The van der Waals surface area contributed by atoms with Crippen LogP contribution >= 0.6 is 0 Å². The van der Waals surface area contributed by atoms with Crippen molar-refractivity contribution in [1.82, 2.24) is 4.72 Å². The van der Waals surface area contributed by atoms with Gasteiger partial charge >= 0.3 is 0 Å². The van der Waals surface area contributed by atoms with Crippen LogP contribution in [0.4, 0.5) is 0 Å². The number of nitrogens with two attached hydrogens (primary N) is 1. The van der Waals surface area contributed by atoms with Crippen LogP contribution in [0.2, 0.25) is 0 Å². The molecule has 1 atom stereocenters. The van der Waals surface area contributed by atoms with Gasteiger partial charge in [-0.1, -0.05) is 12.1 Å². The molecule has 0 bridgehead atoms. The first kappa shape index (κ1) is 13.5. The van der Waals surface area contributed by atoms with E-state index in [9.17, 15) is 8.42 Å². The first-order valence-electron chi connectivity index (χ1n) is 6.01. The topological polar surface area (TPSA) is 81.4 Å². The molecule has 1 saturated heterocycles. The second-order valence-corrected chi connectivity index (χ2v) is 6.10. The van der Waals surface area contributed by atoms with Crippen molar-refractivity contribution < 1.29 is 13.2 Å². The van der Waals surface area contributed by atoms with Crippen LogP contribution in [0.3, 0.4) is 0 Å². The fourth-order valence-electron chi connectivity index (χ4n) is 1.93. The minimum Gasteiger partial charge on any atom is -0.380 e. The van der Waals surface area contributed by atoms with E-state index in [0.29, 0.717) is 19.8 Å². The van der Waals surface area contributed by atoms with Crippen molar-refractivity contribution in [1.29, 1.82) is 0 Å². The van der Waals surface area contributed by atoms with Crippen molar-refractivity contribution in [3.63, 3.8) is 0 Å². The maximum Gasteiger partial charge on any atom is 0.240 e. The molecule has 0 radical (unpaired) electrons.